The number of likely N-dealkylation sites (tertiary alicyclic amines) is 1. The Balaban J connectivity index is 2.00. The quantitative estimate of drug-likeness (QED) is 0.881. The van der Waals surface area contributed by atoms with E-state index >= 15 is 0 Å². The summed E-state index contributed by atoms with van der Waals surface area (Å²) in [7, 11) is 0. The maximum absolute atomic E-state index is 13.2. The summed E-state index contributed by atoms with van der Waals surface area (Å²) in [4.78, 5) is 25.3. The molecule has 1 aromatic rings. The molecule has 1 saturated heterocycles. The van der Waals surface area contributed by atoms with Crippen LogP contribution in [0.5, 0.6) is 0 Å². The highest BCUT2D eigenvalue weighted by atomic mass is 19.1. The molecule has 5 nitrogen and oxygen atoms in total. The number of carbonyl (C=O) groups excluding carboxylic acids is 2. The number of carbonyl (C=O) groups is 2. The van der Waals surface area contributed by atoms with Crippen LogP contribution in [0.4, 0.5) is 10.1 Å². The molecule has 114 valence electrons. The van der Waals surface area contributed by atoms with Crippen LogP contribution in [0.15, 0.2) is 18.2 Å². The minimum Gasteiger partial charge on any atom is -0.368 e. The molecule has 3 N–H and O–H groups in total. The first-order chi connectivity index (χ1) is 9.97. The molecule has 1 aliphatic heterocycles. The number of nitrogens with zero attached hydrogens (tertiary/aromatic N) is 1. The highest BCUT2D eigenvalue weighted by Crippen LogP contribution is 2.18. The Bertz CT molecular complexity index is 548. The van der Waals surface area contributed by atoms with Gasteiger partial charge in [-0.1, -0.05) is 12.5 Å². The molecule has 1 atom stereocenters. The van der Waals surface area contributed by atoms with Crippen LogP contribution in [0.25, 0.3) is 0 Å². The number of anilines is 1. The molecule has 1 unspecified atom stereocenters. The van der Waals surface area contributed by atoms with Gasteiger partial charge in [0.05, 0.1) is 12.6 Å². The highest BCUT2D eigenvalue weighted by Gasteiger charge is 2.28. The van der Waals surface area contributed by atoms with E-state index in [0.717, 1.165) is 18.4 Å². The van der Waals surface area contributed by atoms with E-state index in [4.69, 9.17) is 5.73 Å². The summed E-state index contributed by atoms with van der Waals surface area (Å²) in [5.74, 6) is -1.06. The lowest BCUT2D eigenvalue weighted by atomic mass is 10.0. The fraction of sp³-hybridized carbons (Fsp3) is 0.467. The van der Waals surface area contributed by atoms with Crippen molar-refractivity contribution < 1.29 is 14.0 Å². The number of rotatable bonds is 4. The highest BCUT2D eigenvalue weighted by molar-refractivity contribution is 5.93. The summed E-state index contributed by atoms with van der Waals surface area (Å²) in [5.41, 5.74) is 6.61. The second-order valence-electron chi connectivity index (χ2n) is 5.39. The Labute approximate surface area is 123 Å². The van der Waals surface area contributed by atoms with E-state index in [1.165, 1.54) is 12.1 Å². The number of hydrogen-bond donors (Lipinski definition) is 2. The third-order valence-corrected chi connectivity index (χ3v) is 3.76. The van der Waals surface area contributed by atoms with Gasteiger partial charge in [0.15, 0.2) is 0 Å². The molecule has 0 saturated carbocycles. The van der Waals surface area contributed by atoms with E-state index in [2.05, 4.69) is 5.32 Å². The van der Waals surface area contributed by atoms with Crippen molar-refractivity contribution in [2.45, 2.75) is 32.2 Å². The Morgan fingerprint density at radius 3 is 2.90 bits per heavy atom. The van der Waals surface area contributed by atoms with Gasteiger partial charge >= 0.3 is 0 Å². The van der Waals surface area contributed by atoms with Gasteiger partial charge in [-0.05, 0) is 44.0 Å². The van der Waals surface area contributed by atoms with Crippen molar-refractivity contribution in [3.8, 4) is 0 Å². The first kappa shape index (κ1) is 15.4. The Morgan fingerprint density at radius 1 is 1.43 bits per heavy atom. The number of amides is 2. The standard InChI is InChI=1S/C15H20FN3O2/c1-10-5-6-11(16)8-12(10)18-14(20)9-19-7-3-2-4-13(19)15(17)21/h5-6,8,13H,2-4,7,9H2,1H3,(H2,17,21)(H,18,20). The van der Waals surface area contributed by atoms with Crippen LogP contribution in [0.2, 0.25) is 0 Å². The average Bonchev–Trinajstić information content (AvgIpc) is 2.43. The van der Waals surface area contributed by atoms with Crippen LogP contribution in [-0.2, 0) is 9.59 Å². The number of aryl methyl sites for hydroxylation is 1. The lowest BCUT2D eigenvalue weighted by Crippen LogP contribution is -2.50. The molecule has 21 heavy (non-hydrogen) atoms. The number of piperidine rings is 1. The van der Waals surface area contributed by atoms with Crippen LogP contribution in [0.3, 0.4) is 0 Å². The molecule has 2 rings (SSSR count). The molecule has 0 aliphatic carbocycles. The van der Waals surface area contributed by atoms with Gasteiger partial charge in [-0.2, -0.15) is 0 Å². The number of hydrogen-bond acceptors (Lipinski definition) is 3. The number of benzene rings is 1. The Morgan fingerprint density at radius 2 is 2.19 bits per heavy atom. The second-order valence-corrected chi connectivity index (χ2v) is 5.39. The zero-order chi connectivity index (χ0) is 15.4. The number of primary amides is 1. The Kier molecular flexibility index (Phi) is 4.90. The van der Waals surface area contributed by atoms with Crippen molar-refractivity contribution in [3.05, 3.63) is 29.6 Å². The predicted molar refractivity (Wildman–Crippen MR) is 78.2 cm³/mol. The largest absolute Gasteiger partial charge is 0.368 e. The van der Waals surface area contributed by atoms with Crippen molar-refractivity contribution in [3.63, 3.8) is 0 Å². The summed E-state index contributed by atoms with van der Waals surface area (Å²) in [6, 6.07) is 3.85. The number of halogens is 1. The Hall–Kier alpha value is -1.95. The van der Waals surface area contributed by atoms with Gasteiger partial charge in [0, 0.05) is 5.69 Å². The second kappa shape index (κ2) is 6.67. The maximum Gasteiger partial charge on any atom is 0.238 e. The maximum atomic E-state index is 13.2. The topological polar surface area (TPSA) is 75.4 Å². The zero-order valence-electron chi connectivity index (χ0n) is 12.1. The molecule has 1 heterocycles. The minimum atomic E-state index is -0.399. The minimum absolute atomic E-state index is 0.0869. The van der Waals surface area contributed by atoms with Crippen molar-refractivity contribution in [2.75, 3.05) is 18.4 Å². The molecule has 6 heteroatoms. The van der Waals surface area contributed by atoms with Gasteiger partial charge in [0.1, 0.15) is 5.82 Å². The van der Waals surface area contributed by atoms with Gasteiger partial charge in [-0.15, -0.1) is 0 Å². The van der Waals surface area contributed by atoms with Crippen molar-refractivity contribution in [1.82, 2.24) is 4.90 Å². The van der Waals surface area contributed by atoms with E-state index in [-0.39, 0.29) is 12.5 Å². The van der Waals surface area contributed by atoms with E-state index < -0.39 is 17.8 Å². The molecule has 2 amide bonds. The molecule has 1 fully saturated rings. The van der Waals surface area contributed by atoms with Crippen molar-refractivity contribution in [2.24, 2.45) is 5.73 Å². The lowest BCUT2D eigenvalue weighted by molar-refractivity contribution is -0.126. The zero-order valence-corrected chi connectivity index (χ0v) is 12.1. The van der Waals surface area contributed by atoms with E-state index in [1.807, 2.05) is 0 Å². The molecular weight excluding hydrogens is 273 g/mol. The average molecular weight is 293 g/mol. The SMILES string of the molecule is Cc1ccc(F)cc1NC(=O)CN1CCCCC1C(N)=O. The van der Waals surface area contributed by atoms with Crippen LogP contribution >= 0.6 is 0 Å². The van der Waals surface area contributed by atoms with Gasteiger partial charge in [-0.3, -0.25) is 14.5 Å². The first-order valence-corrected chi connectivity index (χ1v) is 7.07. The molecule has 0 aromatic heterocycles. The summed E-state index contributed by atoms with van der Waals surface area (Å²) in [6.07, 6.45) is 2.56. The molecule has 1 aromatic carbocycles. The summed E-state index contributed by atoms with van der Waals surface area (Å²) in [6.45, 7) is 2.55. The van der Waals surface area contributed by atoms with E-state index in [0.29, 0.717) is 18.7 Å². The monoisotopic (exact) mass is 293 g/mol. The molecular formula is C15H20FN3O2. The number of nitrogens with two attached hydrogens (primary N) is 1. The molecule has 0 spiro atoms. The van der Waals surface area contributed by atoms with Crippen LogP contribution in [-0.4, -0.2) is 35.8 Å². The van der Waals surface area contributed by atoms with E-state index in [1.54, 1.807) is 17.9 Å². The fourth-order valence-corrected chi connectivity index (χ4v) is 2.61. The predicted octanol–water partition coefficient (Wildman–Crippen LogP) is 1.41. The number of nitrogens with one attached hydrogen (secondary N) is 1. The normalized spacial score (nSPS) is 19.2. The van der Waals surface area contributed by atoms with Crippen LogP contribution in [0.1, 0.15) is 24.8 Å². The summed E-state index contributed by atoms with van der Waals surface area (Å²) >= 11 is 0. The van der Waals surface area contributed by atoms with E-state index in [9.17, 15) is 14.0 Å². The van der Waals surface area contributed by atoms with Crippen LogP contribution in [0, 0.1) is 12.7 Å². The molecule has 1 aliphatic rings. The summed E-state index contributed by atoms with van der Waals surface area (Å²) < 4.78 is 13.2. The van der Waals surface area contributed by atoms with Crippen LogP contribution < -0.4 is 11.1 Å². The van der Waals surface area contributed by atoms with Crippen molar-refractivity contribution >= 4 is 17.5 Å². The van der Waals surface area contributed by atoms with Gasteiger partial charge < -0.3 is 11.1 Å². The van der Waals surface area contributed by atoms with Crippen molar-refractivity contribution in [1.29, 1.82) is 0 Å². The van der Waals surface area contributed by atoms with Gasteiger partial charge in [0.25, 0.3) is 0 Å². The molecule has 0 bridgehead atoms. The third kappa shape index (κ3) is 4.01. The summed E-state index contributed by atoms with van der Waals surface area (Å²) in [5, 5.41) is 2.69. The first-order valence-electron chi connectivity index (χ1n) is 7.07. The fourth-order valence-electron chi connectivity index (χ4n) is 2.61. The third-order valence-electron chi connectivity index (χ3n) is 3.76. The smallest absolute Gasteiger partial charge is 0.238 e. The lowest BCUT2D eigenvalue weighted by Gasteiger charge is -2.32. The van der Waals surface area contributed by atoms with Gasteiger partial charge in [0.2, 0.25) is 11.8 Å². The van der Waals surface area contributed by atoms with Gasteiger partial charge in [-0.25, -0.2) is 4.39 Å². The molecule has 0 radical (unpaired) electrons.